The second kappa shape index (κ2) is 4.93. The van der Waals surface area contributed by atoms with E-state index in [9.17, 15) is 8.42 Å². The number of aryl methyl sites for hydroxylation is 2. The van der Waals surface area contributed by atoms with Crippen LogP contribution in [-0.4, -0.2) is 42.0 Å². The van der Waals surface area contributed by atoms with E-state index < -0.39 is 14.6 Å². The molecule has 0 bridgehead atoms. The molecule has 0 radical (unpaired) electrons. The molecule has 0 saturated carbocycles. The quantitative estimate of drug-likeness (QED) is 0.790. The Labute approximate surface area is 126 Å². The first kappa shape index (κ1) is 14.8. The summed E-state index contributed by atoms with van der Waals surface area (Å²) >= 11 is 0. The fourth-order valence-corrected chi connectivity index (χ4v) is 4.65. The average molecular weight is 309 g/mol. The highest BCUT2D eigenvalue weighted by atomic mass is 32.2. The van der Waals surface area contributed by atoms with Crippen LogP contribution < -0.4 is 4.90 Å². The number of fused-ring (bicyclic) bond motifs is 1. The van der Waals surface area contributed by atoms with Gasteiger partial charge >= 0.3 is 0 Å². The third kappa shape index (κ3) is 2.54. The van der Waals surface area contributed by atoms with Gasteiger partial charge in [-0.2, -0.15) is 0 Å². The van der Waals surface area contributed by atoms with E-state index in [0.717, 1.165) is 30.2 Å². The molecule has 1 aliphatic heterocycles. The monoisotopic (exact) mass is 309 g/mol. The summed E-state index contributed by atoms with van der Waals surface area (Å²) in [7, 11) is -3.02. The van der Waals surface area contributed by atoms with Gasteiger partial charge < -0.3 is 4.90 Å². The average Bonchev–Trinajstić information content (AvgIpc) is 2.41. The van der Waals surface area contributed by atoms with Crippen molar-refractivity contribution in [2.24, 2.45) is 0 Å². The highest BCUT2D eigenvalue weighted by Gasteiger charge is 2.41. The molecule has 1 aliphatic carbocycles. The van der Waals surface area contributed by atoms with Crippen molar-refractivity contribution in [3.8, 4) is 0 Å². The fraction of sp³-hybridized carbons (Fsp3) is 0.733. The summed E-state index contributed by atoms with van der Waals surface area (Å²) in [6.45, 7) is 6.60. The molecule has 1 fully saturated rings. The van der Waals surface area contributed by atoms with Gasteiger partial charge in [0.1, 0.15) is 11.6 Å². The molecule has 6 heteroatoms. The fourth-order valence-electron chi connectivity index (χ4n) is 3.28. The molecule has 1 saturated heterocycles. The third-order valence-electron chi connectivity index (χ3n) is 4.62. The third-order valence-corrected chi connectivity index (χ3v) is 7.15. The van der Waals surface area contributed by atoms with Crippen molar-refractivity contribution in [2.75, 3.05) is 23.7 Å². The summed E-state index contributed by atoms with van der Waals surface area (Å²) in [4.78, 5) is 11.4. The Hall–Kier alpha value is -1.17. The molecule has 5 nitrogen and oxygen atoms in total. The van der Waals surface area contributed by atoms with Crippen molar-refractivity contribution >= 4 is 15.7 Å². The van der Waals surface area contributed by atoms with Crippen molar-refractivity contribution in [1.82, 2.24) is 9.97 Å². The number of rotatable bonds is 1. The molecule has 0 spiro atoms. The Bertz CT molecular complexity index is 668. The van der Waals surface area contributed by atoms with Crippen LogP contribution in [0, 0.1) is 6.92 Å². The number of nitrogens with zero attached hydrogens (tertiary/aromatic N) is 3. The number of hydrogen-bond donors (Lipinski definition) is 0. The lowest BCUT2D eigenvalue weighted by atomic mass is 9.95. The van der Waals surface area contributed by atoms with Crippen molar-refractivity contribution in [1.29, 1.82) is 0 Å². The molecule has 1 aromatic rings. The zero-order valence-corrected chi connectivity index (χ0v) is 13.8. The maximum Gasteiger partial charge on any atom is 0.158 e. The lowest BCUT2D eigenvalue weighted by molar-refractivity contribution is 0.519. The minimum absolute atomic E-state index is 0.206. The Morgan fingerprint density at radius 3 is 2.57 bits per heavy atom. The van der Waals surface area contributed by atoms with Crippen molar-refractivity contribution in [3.63, 3.8) is 0 Å². The molecule has 0 unspecified atom stereocenters. The lowest BCUT2D eigenvalue weighted by Gasteiger charge is -2.39. The highest BCUT2D eigenvalue weighted by Crippen LogP contribution is 2.32. The van der Waals surface area contributed by atoms with Crippen LogP contribution in [0.1, 0.15) is 43.8 Å². The zero-order chi connectivity index (χ0) is 15.3. The van der Waals surface area contributed by atoms with Gasteiger partial charge in [-0.1, -0.05) is 0 Å². The first-order valence-corrected chi connectivity index (χ1v) is 9.29. The molecular weight excluding hydrogens is 286 g/mol. The van der Waals surface area contributed by atoms with Crippen LogP contribution in [0.5, 0.6) is 0 Å². The molecule has 2 heterocycles. The second-order valence-corrected chi connectivity index (χ2v) is 9.47. The molecule has 21 heavy (non-hydrogen) atoms. The molecule has 0 atom stereocenters. The summed E-state index contributed by atoms with van der Waals surface area (Å²) in [6.07, 6.45) is 4.38. The molecule has 3 rings (SSSR count). The minimum Gasteiger partial charge on any atom is -0.354 e. The topological polar surface area (TPSA) is 63.2 Å². The van der Waals surface area contributed by atoms with Gasteiger partial charge in [0, 0.05) is 24.3 Å². The Kier molecular flexibility index (Phi) is 3.47. The van der Waals surface area contributed by atoms with Crippen LogP contribution in [0.4, 0.5) is 5.82 Å². The van der Waals surface area contributed by atoms with Crippen LogP contribution in [0.15, 0.2) is 0 Å². The standard InChI is InChI=1S/C15H23N3O2S/c1-11-16-13-7-5-4-6-12(13)14(17-11)18-8-9-21(19,20)15(2,3)10-18/h4-10H2,1-3H3. The molecular formula is C15H23N3O2S. The van der Waals surface area contributed by atoms with E-state index in [4.69, 9.17) is 0 Å². The normalized spacial score (nSPS) is 23.7. The van der Waals surface area contributed by atoms with Crippen LogP contribution in [0.3, 0.4) is 0 Å². The largest absolute Gasteiger partial charge is 0.354 e. The van der Waals surface area contributed by atoms with E-state index in [-0.39, 0.29) is 5.75 Å². The molecule has 1 aromatic heterocycles. The Balaban J connectivity index is 2.00. The molecule has 2 aliphatic rings. The highest BCUT2D eigenvalue weighted by molar-refractivity contribution is 7.92. The molecule has 0 N–H and O–H groups in total. The maximum atomic E-state index is 12.2. The van der Waals surface area contributed by atoms with Crippen LogP contribution >= 0.6 is 0 Å². The Morgan fingerprint density at radius 2 is 1.86 bits per heavy atom. The van der Waals surface area contributed by atoms with Crippen molar-refractivity contribution in [2.45, 2.75) is 51.2 Å². The molecule has 116 valence electrons. The summed E-state index contributed by atoms with van der Waals surface area (Å²) in [6, 6.07) is 0. The van der Waals surface area contributed by atoms with E-state index in [1.54, 1.807) is 0 Å². The maximum absolute atomic E-state index is 12.2. The van der Waals surface area contributed by atoms with Gasteiger partial charge in [0.15, 0.2) is 9.84 Å². The SMILES string of the molecule is Cc1nc2c(c(N3CCS(=O)(=O)C(C)(C)C3)n1)CCCC2. The molecule has 0 aromatic carbocycles. The smallest absolute Gasteiger partial charge is 0.158 e. The van der Waals surface area contributed by atoms with E-state index in [0.29, 0.717) is 13.1 Å². The van der Waals surface area contributed by atoms with E-state index in [2.05, 4.69) is 14.9 Å². The van der Waals surface area contributed by atoms with Gasteiger partial charge in [-0.15, -0.1) is 0 Å². The van der Waals surface area contributed by atoms with Crippen LogP contribution in [0.2, 0.25) is 0 Å². The van der Waals surface area contributed by atoms with E-state index >= 15 is 0 Å². The number of anilines is 1. The van der Waals surface area contributed by atoms with Crippen molar-refractivity contribution < 1.29 is 8.42 Å². The van der Waals surface area contributed by atoms with Gasteiger partial charge in [-0.3, -0.25) is 0 Å². The van der Waals surface area contributed by atoms with Gasteiger partial charge in [0.25, 0.3) is 0 Å². The predicted octanol–water partition coefficient (Wildman–Crippen LogP) is 1.68. The minimum atomic E-state index is -3.02. The number of aromatic nitrogens is 2. The van der Waals surface area contributed by atoms with Crippen LogP contribution in [0.25, 0.3) is 0 Å². The summed E-state index contributed by atoms with van der Waals surface area (Å²) in [5, 5.41) is 0. The summed E-state index contributed by atoms with van der Waals surface area (Å²) in [5.41, 5.74) is 2.40. The molecule has 0 amide bonds. The first-order chi connectivity index (χ1) is 9.80. The first-order valence-electron chi connectivity index (χ1n) is 7.64. The van der Waals surface area contributed by atoms with Gasteiger partial charge in [-0.25, -0.2) is 18.4 Å². The zero-order valence-electron chi connectivity index (χ0n) is 13.0. The van der Waals surface area contributed by atoms with Gasteiger partial charge in [-0.05, 0) is 46.5 Å². The van der Waals surface area contributed by atoms with E-state index in [1.807, 2.05) is 20.8 Å². The van der Waals surface area contributed by atoms with Gasteiger partial charge in [0.2, 0.25) is 0 Å². The predicted molar refractivity (Wildman–Crippen MR) is 83.5 cm³/mol. The second-order valence-electron chi connectivity index (χ2n) is 6.73. The van der Waals surface area contributed by atoms with E-state index in [1.165, 1.54) is 18.4 Å². The van der Waals surface area contributed by atoms with Crippen LogP contribution in [-0.2, 0) is 22.7 Å². The Morgan fingerprint density at radius 1 is 1.14 bits per heavy atom. The lowest BCUT2D eigenvalue weighted by Crippen LogP contribution is -2.53. The summed E-state index contributed by atoms with van der Waals surface area (Å²) < 4.78 is 23.6. The number of hydrogen-bond acceptors (Lipinski definition) is 5. The van der Waals surface area contributed by atoms with Crippen molar-refractivity contribution in [3.05, 3.63) is 17.1 Å². The van der Waals surface area contributed by atoms with Gasteiger partial charge in [0.05, 0.1) is 10.5 Å². The number of sulfone groups is 1. The summed E-state index contributed by atoms with van der Waals surface area (Å²) in [5.74, 6) is 1.97.